The predicted octanol–water partition coefficient (Wildman–Crippen LogP) is 6.05. The van der Waals surface area contributed by atoms with Gasteiger partial charge in [0.05, 0.1) is 0 Å². The Labute approximate surface area is 135 Å². The highest BCUT2D eigenvalue weighted by molar-refractivity contribution is 5.72. The number of carbonyl (C=O) groups is 1. The quantitative estimate of drug-likeness (QED) is 0.494. The van der Waals surface area contributed by atoms with Crippen molar-refractivity contribution in [2.24, 2.45) is 10.8 Å². The monoisotopic (exact) mass is 356 g/mol. The summed E-state index contributed by atoms with van der Waals surface area (Å²) in [6, 6.07) is 0. The normalized spacial score (nSPS) is 11.8. The summed E-state index contributed by atoms with van der Waals surface area (Å²) < 4.78 is 73.9. The number of ketones is 1. The van der Waals surface area contributed by atoms with Crippen molar-refractivity contribution in [2.75, 3.05) is 14.2 Å². The molecule has 0 amide bonds. The van der Waals surface area contributed by atoms with Crippen molar-refractivity contribution >= 4 is 5.78 Å². The van der Waals surface area contributed by atoms with Gasteiger partial charge in [-0.3, -0.25) is 0 Å². The van der Waals surface area contributed by atoms with Gasteiger partial charge in [-0.15, -0.1) is 0 Å². The lowest BCUT2D eigenvalue weighted by atomic mass is 9.92. The minimum Gasteiger partial charge on any atom is -0.388 e. The Morgan fingerprint density at radius 1 is 0.696 bits per heavy atom. The Morgan fingerprint density at radius 3 is 0.783 bits per heavy atom. The molecule has 0 atom stereocenters. The summed E-state index contributed by atoms with van der Waals surface area (Å²) >= 11 is 0. The van der Waals surface area contributed by atoms with Crippen LogP contribution in [0.25, 0.3) is 0 Å². The number of halogens is 6. The molecular formula is C15H30F6O2. The third kappa shape index (κ3) is 26.4. The predicted molar refractivity (Wildman–Crippen MR) is 80.3 cm³/mol. The second-order valence-electron chi connectivity index (χ2n) is 6.94. The van der Waals surface area contributed by atoms with Crippen molar-refractivity contribution in [1.82, 2.24) is 0 Å². The fourth-order valence-electron chi connectivity index (χ4n) is 0.161. The van der Waals surface area contributed by atoms with E-state index in [9.17, 15) is 31.1 Å². The van der Waals surface area contributed by atoms with E-state index < -0.39 is 17.8 Å². The highest BCUT2D eigenvalue weighted by Gasteiger charge is 2.64. The molecule has 0 aliphatic heterocycles. The van der Waals surface area contributed by atoms with E-state index in [1.165, 1.54) is 13.8 Å². The fraction of sp³-hybridized carbons (Fsp3) is 0.933. The number of Topliss-reactive ketones (excluding diaryl/α,β-unsaturated/α-hetero) is 1. The molecule has 0 fully saturated rings. The number of carbonyl (C=O) groups excluding carboxylic acids is 1. The zero-order valence-corrected chi connectivity index (χ0v) is 15.6. The first-order chi connectivity index (χ1) is 9.65. The third-order valence-corrected chi connectivity index (χ3v) is 1.42. The van der Waals surface area contributed by atoms with Crippen LogP contribution >= 0.6 is 0 Å². The minimum atomic E-state index is -5.24. The number of methoxy groups -OCH3 is 1. The Bertz CT molecular complexity index is 273. The molecule has 2 nitrogen and oxygen atoms in total. The Balaban J connectivity index is -0.000000125. The van der Waals surface area contributed by atoms with Crippen molar-refractivity contribution in [3.05, 3.63) is 0 Å². The fourth-order valence-corrected chi connectivity index (χ4v) is 0.161. The lowest BCUT2D eigenvalue weighted by Gasteiger charge is -2.29. The van der Waals surface area contributed by atoms with Gasteiger partial charge in [0, 0.05) is 14.2 Å². The molecule has 0 rings (SSSR count). The number of hydrogen-bond donors (Lipinski definition) is 0. The van der Waals surface area contributed by atoms with Gasteiger partial charge in [-0.2, -0.15) is 26.3 Å². The van der Waals surface area contributed by atoms with Crippen LogP contribution in [0.15, 0.2) is 0 Å². The van der Waals surface area contributed by atoms with Gasteiger partial charge in [-0.25, -0.2) is 0 Å². The van der Waals surface area contributed by atoms with E-state index in [1.54, 1.807) is 14.2 Å². The smallest absolute Gasteiger partial charge is 0.388 e. The molecule has 0 saturated carbocycles. The van der Waals surface area contributed by atoms with Crippen LogP contribution in [-0.4, -0.2) is 32.4 Å². The van der Waals surface area contributed by atoms with E-state index >= 15 is 0 Å². The molecule has 0 unspecified atom stereocenters. The number of ether oxygens (including phenoxy) is 1. The molecule has 23 heavy (non-hydrogen) atoms. The second kappa shape index (κ2) is 11.7. The van der Waals surface area contributed by atoms with Crippen LogP contribution in [0.3, 0.4) is 0 Å². The molecule has 8 heteroatoms. The summed E-state index contributed by atoms with van der Waals surface area (Å²) in [5.74, 6) is 0.167. The molecule has 0 spiro atoms. The van der Waals surface area contributed by atoms with Crippen molar-refractivity contribution in [1.29, 1.82) is 0 Å². The molecule has 0 aromatic heterocycles. The van der Waals surface area contributed by atoms with Crippen LogP contribution < -0.4 is 0 Å². The van der Waals surface area contributed by atoms with Gasteiger partial charge in [0.2, 0.25) is 0 Å². The van der Waals surface area contributed by atoms with E-state index in [4.69, 9.17) is 0 Å². The largest absolute Gasteiger partial charge is 0.402 e. The zero-order chi connectivity index (χ0) is 20.3. The van der Waals surface area contributed by atoms with Crippen molar-refractivity contribution in [3.8, 4) is 0 Å². The Morgan fingerprint density at radius 2 is 0.783 bits per heavy atom. The molecule has 0 aliphatic carbocycles. The minimum absolute atomic E-state index is 0.104. The van der Waals surface area contributed by atoms with Crippen LogP contribution in [0, 0.1) is 10.8 Å². The molecule has 0 bridgehead atoms. The van der Waals surface area contributed by atoms with E-state index in [2.05, 4.69) is 32.4 Å². The summed E-state index contributed by atoms with van der Waals surface area (Å²) in [5, 5.41) is 0. The van der Waals surface area contributed by atoms with Gasteiger partial charge in [0.1, 0.15) is 5.78 Å². The van der Waals surface area contributed by atoms with E-state index in [0.717, 1.165) is 0 Å². The van der Waals surface area contributed by atoms with Gasteiger partial charge in [-0.05, 0) is 33.1 Å². The van der Waals surface area contributed by atoms with Gasteiger partial charge in [0.15, 0.2) is 5.41 Å². The summed E-state index contributed by atoms with van der Waals surface area (Å²) in [4.78, 5) is 9.44. The Kier molecular flexibility index (Phi) is 15.3. The molecule has 0 N–H and O–H groups in total. The van der Waals surface area contributed by atoms with Crippen LogP contribution in [0.4, 0.5) is 26.3 Å². The van der Waals surface area contributed by atoms with Gasteiger partial charge in [-0.1, -0.05) is 27.7 Å². The van der Waals surface area contributed by atoms with Crippen molar-refractivity contribution < 1.29 is 35.9 Å². The van der Waals surface area contributed by atoms with Crippen LogP contribution in [0.2, 0.25) is 0 Å². The third-order valence-electron chi connectivity index (χ3n) is 1.42. The average Bonchev–Trinajstić information content (AvgIpc) is 2.10. The molecule has 0 saturated heterocycles. The second-order valence-corrected chi connectivity index (χ2v) is 6.94. The first-order valence-corrected chi connectivity index (χ1v) is 6.65. The summed E-state index contributed by atoms with van der Waals surface area (Å²) in [5.41, 5.74) is -3.12. The molecule has 144 valence electrons. The van der Waals surface area contributed by atoms with Crippen LogP contribution in [0.5, 0.6) is 0 Å². The number of alkyl halides is 6. The average molecular weight is 356 g/mol. The maximum atomic E-state index is 11.6. The zero-order valence-electron chi connectivity index (χ0n) is 15.6. The summed E-state index contributed by atoms with van der Waals surface area (Å²) in [6.07, 6.45) is -10.5. The van der Waals surface area contributed by atoms with E-state index in [0.29, 0.717) is 5.41 Å². The van der Waals surface area contributed by atoms with E-state index in [1.807, 2.05) is 0 Å². The van der Waals surface area contributed by atoms with Crippen LogP contribution in [-0.2, 0) is 9.53 Å². The van der Waals surface area contributed by atoms with Gasteiger partial charge < -0.3 is 9.53 Å². The van der Waals surface area contributed by atoms with Gasteiger partial charge in [0.25, 0.3) is 0 Å². The van der Waals surface area contributed by atoms with Crippen molar-refractivity contribution in [2.45, 2.75) is 67.7 Å². The highest BCUT2D eigenvalue weighted by Crippen LogP contribution is 2.49. The molecular weight excluding hydrogens is 326 g/mol. The Hall–Kier alpha value is -0.790. The number of hydrogen-bond acceptors (Lipinski definition) is 2. The molecule has 0 aromatic carbocycles. The first-order valence-electron chi connectivity index (χ1n) is 6.65. The lowest BCUT2D eigenvalue weighted by molar-refractivity contribution is -0.327. The van der Waals surface area contributed by atoms with Crippen molar-refractivity contribution in [3.63, 3.8) is 0 Å². The first kappa shape index (κ1) is 30.1. The van der Waals surface area contributed by atoms with Crippen LogP contribution in [0.1, 0.15) is 55.4 Å². The van der Waals surface area contributed by atoms with E-state index in [-0.39, 0.29) is 19.6 Å². The highest BCUT2D eigenvalue weighted by atomic mass is 19.4. The summed E-state index contributed by atoms with van der Waals surface area (Å²) in [7, 11) is 3.25. The number of rotatable bonds is 0. The maximum absolute atomic E-state index is 11.6. The maximum Gasteiger partial charge on any atom is 0.402 e. The molecule has 0 aromatic rings. The topological polar surface area (TPSA) is 26.3 Å². The molecule has 0 aliphatic rings. The summed E-state index contributed by atoms with van der Waals surface area (Å²) in [6.45, 7) is 12.0. The molecule has 0 heterocycles. The van der Waals surface area contributed by atoms with Gasteiger partial charge >= 0.3 is 12.4 Å². The standard InChI is InChI=1S/C5H6F6.C5H12.C3H6O.C2H6O/c1-3(2,4(6,7)8)5(9,10)11;1-5(2,3)4;1-3(2)4;1-3-2/h1-2H3;1-4H3;1-2H3;1-2H3. The SMILES string of the molecule is CC(C)(C(F)(F)F)C(F)(F)F.CC(C)(C)C.CC(C)=O.COC. The lowest BCUT2D eigenvalue weighted by Crippen LogP contribution is -2.44. The molecule has 0 radical (unpaired) electrons.